The quantitative estimate of drug-likeness (QED) is 0.408. The number of hydrogen-bond acceptors (Lipinski definition) is 6. The molecular weight excluding hydrogens is 422 g/mol. The van der Waals surface area contributed by atoms with E-state index in [9.17, 15) is 0 Å². The zero-order chi connectivity index (χ0) is 20.1. The van der Waals surface area contributed by atoms with Gasteiger partial charge in [0.2, 0.25) is 0 Å². The highest BCUT2D eigenvalue weighted by molar-refractivity contribution is 7.15. The van der Waals surface area contributed by atoms with Gasteiger partial charge in [0.25, 0.3) is 5.95 Å². The fourth-order valence-corrected chi connectivity index (χ4v) is 5.50. The predicted octanol–water partition coefficient (Wildman–Crippen LogP) is 5.74. The van der Waals surface area contributed by atoms with E-state index >= 15 is 0 Å². The number of halogens is 1. The lowest BCUT2D eigenvalue weighted by Gasteiger charge is -2.17. The van der Waals surface area contributed by atoms with Gasteiger partial charge in [-0.05, 0) is 49.9 Å². The third kappa shape index (κ3) is 3.10. The van der Waals surface area contributed by atoms with E-state index in [0.717, 1.165) is 33.6 Å². The summed E-state index contributed by atoms with van der Waals surface area (Å²) < 4.78 is 2.13. The van der Waals surface area contributed by atoms with Crippen molar-refractivity contribution in [2.45, 2.75) is 27.3 Å². The number of hydrogen-bond donors (Lipinski definition) is 0. The molecule has 8 heteroatoms. The summed E-state index contributed by atoms with van der Waals surface area (Å²) in [6, 6.07) is 12.1. The molecule has 0 saturated heterocycles. The number of rotatable bonds is 3. The maximum Gasteiger partial charge on any atom is 0.253 e. The topological polar surface area (TPSA) is 46.3 Å². The predicted molar refractivity (Wildman–Crippen MR) is 121 cm³/mol. The Balaban J connectivity index is 1.78. The lowest BCUT2D eigenvalue weighted by Crippen LogP contribution is -2.20. The van der Waals surface area contributed by atoms with Gasteiger partial charge in [-0.15, -0.1) is 32.9 Å². The highest BCUT2D eigenvalue weighted by Crippen LogP contribution is 2.38. The van der Waals surface area contributed by atoms with Gasteiger partial charge in [0.05, 0.1) is 6.54 Å². The van der Waals surface area contributed by atoms with Crippen LogP contribution in [0.1, 0.15) is 32.3 Å². The van der Waals surface area contributed by atoms with E-state index in [2.05, 4.69) is 46.1 Å². The van der Waals surface area contributed by atoms with Gasteiger partial charge in [0, 0.05) is 25.9 Å². The summed E-state index contributed by atoms with van der Waals surface area (Å²) in [5.74, 6) is 1.59. The lowest BCUT2D eigenvalue weighted by molar-refractivity contribution is 0.806. The summed E-state index contributed by atoms with van der Waals surface area (Å²) >= 11 is 9.62. The number of anilines is 1. The van der Waals surface area contributed by atoms with E-state index in [0.29, 0.717) is 11.6 Å². The van der Waals surface area contributed by atoms with Gasteiger partial charge in [-0.25, -0.2) is 5.01 Å². The minimum absolute atomic E-state index is 0.639. The Bertz CT molecular complexity index is 1220. The Labute approximate surface area is 181 Å². The Morgan fingerprint density at radius 3 is 2.55 bits per heavy atom. The SMILES string of the molecule is Cc1sc2c(c1C)C(c1ccc(Cl)cc1)=NN(Cc1cccs1)c1nnc(C)n1-2. The van der Waals surface area contributed by atoms with Crippen LogP contribution in [0.25, 0.3) is 5.00 Å². The normalized spacial score (nSPS) is 13.1. The minimum atomic E-state index is 0.639. The first-order chi connectivity index (χ1) is 14.0. The number of thiophene rings is 2. The van der Waals surface area contributed by atoms with Crippen LogP contribution in [0, 0.1) is 20.8 Å². The summed E-state index contributed by atoms with van der Waals surface area (Å²) in [6.07, 6.45) is 0. The van der Waals surface area contributed by atoms with Crippen LogP contribution in [0.2, 0.25) is 5.02 Å². The molecule has 0 atom stereocenters. The number of hydrazone groups is 1. The molecule has 0 amide bonds. The van der Waals surface area contributed by atoms with Crippen molar-refractivity contribution in [1.29, 1.82) is 0 Å². The molecule has 0 unspecified atom stereocenters. The summed E-state index contributed by atoms with van der Waals surface area (Å²) in [6.45, 7) is 6.93. The number of fused-ring (bicyclic) bond motifs is 3. The Kier molecular flexibility index (Phi) is 4.53. The van der Waals surface area contributed by atoms with Crippen LogP contribution in [0.15, 0.2) is 46.9 Å². The van der Waals surface area contributed by atoms with Crippen molar-refractivity contribution in [2.24, 2.45) is 5.10 Å². The maximum atomic E-state index is 6.15. The first kappa shape index (κ1) is 18.5. The standard InChI is InChI=1S/C21H18ClN5S2/c1-12-13(2)29-20-18(12)19(15-6-8-16(22)9-7-15)25-26(11-17-5-4-10-28-17)21-24-23-14(3)27(20)21/h4-10H,11H2,1-3H3. The number of nitrogens with zero attached hydrogens (tertiary/aromatic N) is 5. The molecule has 4 aromatic rings. The van der Waals surface area contributed by atoms with Gasteiger partial charge in [-0.2, -0.15) is 5.10 Å². The van der Waals surface area contributed by atoms with E-state index in [4.69, 9.17) is 16.7 Å². The Morgan fingerprint density at radius 1 is 1.03 bits per heavy atom. The molecule has 4 heterocycles. The van der Waals surface area contributed by atoms with Gasteiger partial charge in [-0.1, -0.05) is 29.8 Å². The van der Waals surface area contributed by atoms with Crippen molar-refractivity contribution in [3.8, 4) is 5.00 Å². The molecule has 29 heavy (non-hydrogen) atoms. The van der Waals surface area contributed by atoms with Gasteiger partial charge in [0.15, 0.2) is 0 Å². The number of aryl methyl sites for hydroxylation is 2. The molecule has 5 nitrogen and oxygen atoms in total. The molecule has 5 rings (SSSR count). The summed E-state index contributed by atoms with van der Waals surface area (Å²) in [7, 11) is 0. The summed E-state index contributed by atoms with van der Waals surface area (Å²) in [5, 5.41) is 19.8. The molecule has 0 radical (unpaired) electrons. The second-order valence-corrected chi connectivity index (χ2v) is 9.61. The van der Waals surface area contributed by atoms with Crippen LogP contribution in [-0.2, 0) is 6.54 Å². The molecule has 0 saturated carbocycles. The molecule has 0 bridgehead atoms. The van der Waals surface area contributed by atoms with Crippen molar-refractivity contribution >= 4 is 45.9 Å². The smallest absolute Gasteiger partial charge is 0.253 e. The third-order valence-corrected chi connectivity index (χ3v) is 7.37. The van der Waals surface area contributed by atoms with E-state index in [-0.39, 0.29) is 0 Å². The number of aromatic nitrogens is 3. The lowest BCUT2D eigenvalue weighted by atomic mass is 10.00. The summed E-state index contributed by atoms with van der Waals surface area (Å²) in [4.78, 5) is 2.48. The molecule has 0 spiro atoms. The van der Waals surface area contributed by atoms with Crippen molar-refractivity contribution in [3.05, 3.63) is 79.1 Å². The molecule has 3 aromatic heterocycles. The van der Waals surface area contributed by atoms with Crippen LogP contribution < -0.4 is 5.01 Å². The van der Waals surface area contributed by atoms with E-state index < -0.39 is 0 Å². The maximum absolute atomic E-state index is 6.15. The van der Waals surface area contributed by atoms with Crippen molar-refractivity contribution < 1.29 is 0 Å². The zero-order valence-electron chi connectivity index (χ0n) is 16.2. The van der Waals surface area contributed by atoms with E-state index in [1.54, 1.807) is 22.7 Å². The minimum Gasteiger partial charge on any atom is -0.254 e. The van der Waals surface area contributed by atoms with Crippen molar-refractivity contribution in [3.63, 3.8) is 0 Å². The first-order valence-electron chi connectivity index (χ1n) is 9.20. The highest BCUT2D eigenvalue weighted by Gasteiger charge is 2.30. The molecule has 1 aromatic carbocycles. The van der Waals surface area contributed by atoms with Crippen LogP contribution in [-0.4, -0.2) is 20.5 Å². The fraction of sp³-hybridized carbons (Fsp3) is 0.190. The van der Waals surface area contributed by atoms with Crippen LogP contribution in [0.4, 0.5) is 5.95 Å². The second kappa shape index (κ2) is 7.09. The number of benzene rings is 1. The van der Waals surface area contributed by atoms with Gasteiger partial charge < -0.3 is 0 Å². The molecule has 0 aliphatic carbocycles. The van der Waals surface area contributed by atoms with Gasteiger partial charge in [0.1, 0.15) is 16.5 Å². The Hall–Kier alpha value is -2.48. The largest absolute Gasteiger partial charge is 0.254 e. The fourth-order valence-electron chi connectivity index (χ4n) is 3.48. The molecular formula is C21H18ClN5S2. The van der Waals surface area contributed by atoms with E-state index in [1.165, 1.54) is 15.3 Å². The average Bonchev–Trinajstić information content (AvgIpc) is 3.39. The van der Waals surface area contributed by atoms with Gasteiger partial charge >= 0.3 is 0 Å². The molecule has 0 N–H and O–H groups in total. The highest BCUT2D eigenvalue weighted by atomic mass is 35.5. The van der Waals surface area contributed by atoms with Crippen molar-refractivity contribution in [2.75, 3.05) is 5.01 Å². The molecule has 1 aliphatic rings. The van der Waals surface area contributed by atoms with Gasteiger partial charge in [-0.3, -0.25) is 4.57 Å². The van der Waals surface area contributed by atoms with Crippen LogP contribution in [0.3, 0.4) is 0 Å². The van der Waals surface area contributed by atoms with Crippen molar-refractivity contribution in [1.82, 2.24) is 14.8 Å². The van der Waals surface area contributed by atoms with Crippen LogP contribution >= 0.6 is 34.3 Å². The molecule has 1 aliphatic heterocycles. The van der Waals surface area contributed by atoms with E-state index in [1.807, 2.05) is 36.2 Å². The average molecular weight is 440 g/mol. The second-order valence-electron chi connectivity index (χ2n) is 6.94. The monoisotopic (exact) mass is 439 g/mol. The summed E-state index contributed by atoms with van der Waals surface area (Å²) in [5.41, 5.74) is 4.33. The van der Waals surface area contributed by atoms with Crippen LogP contribution in [0.5, 0.6) is 0 Å². The molecule has 0 fully saturated rings. The zero-order valence-corrected chi connectivity index (χ0v) is 18.6. The third-order valence-electron chi connectivity index (χ3n) is 5.07. The Morgan fingerprint density at radius 2 is 1.83 bits per heavy atom. The molecule has 146 valence electrons. The first-order valence-corrected chi connectivity index (χ1v) is 11.3.